The van der Waals surface area contributed by atoms with Gasteiger partial charge in [-0.15, -0.1) is 0 Å². The molecule has 0 aromatic carbocycles. The number of carboxylic acid groups (broad SMARTS) is 1. The zero-order valence-corrected chi connectivity index (χ0v) is 8.90. The second-order valence-corrected chi connectivity index (χ2v) is 4.59. The zero-order chi connectivity index (χ0) is 13.3. The minimum atomic E-state index is -5.50. The molecule has 10 heteroatoms. The Hall–Kier alpha value is -0.830. The van der Waals surface area contributed by atoms with Crippen LogP contribution in [0.4, 0.5) is 0 Å². The second-order valence-electron chi connectivity index (χ2n) is 3.09. The van der Waals surface area contributed by atoms with Gasteiger partial charge in [0.25, 0.3) is 5.52 Å². The van der Waals surface area contributed by atoms with Crippen molar-refractivity contribution in [1.82, 2.24) is 0 Å². The fourth-order valence-electron chi connectivity index (χ4n) is 0.946. The molecule has 0 aromatic heterocycles. The lowest BCUT2D eigenvalue weighted by Gasteiger charge is -2.31. The predicted octanol–water partition coefficient (Wildman–Crippen LogP) is -2.75. The number of carbonyl (C=O) groups excluding carboxylic acids is 1. The van der Waals surface area contributed by atoms with Crippen molar-refractivity contribution < 1.29 is 44.4 Å². The van der Waals surface area contributed by atoms with Crippen molar-refractivity contribution in [3.63, 3.8) is 0 Å². The number of carboxylic acids is 1. The highest BCUT2D eigenvalue weighted by Crippen LogP contribution is 2.42. The molecule has 0 radical (unpaired) electrons. The number of aliphatic hydroxyl groups is 3. The maximum atomic E-state index is 11.1. The van der Waals surface area contributed by atoms with E-state index in [4.69, 9.17) is 25.1 Å². The van der Waals surface area contributed by atoms with Crippen LogP contribution in [0, 0.1) is 0 Å². The SMILES string of the molecule is CC(O)C(O)(C(=O)P(=O)(O)O)C(O)C(=O)O. The van der Waals surface area contributed by atoms with Crippen LogP contribution in [0.1, 0.15) is 6.92 Å². The van der Waals surface area contributed by atoms with Gasteiger partial charge < -0.3 is 30.2 Å². The molecule has 0 aliphatic rings. The van der Waals surface area contributed by atoms with Crippen LogP contribution in [0.15, 0.2) is 0 Å². The number of hydrogen-bond donors (Lipinski definition) is 6. The normalized spacial score (nSPS) is 19.6. The Morgan fingerprint density at radius 1 is 1.25 bits per heavy atom. The van der Waals surface area contributed by atoms with Gasteiger partial charge in [-0.2, -0.15) is 0 Å². The minimum absolute atomic E-state index is 0.708. The van der Waals surface area contributed by atoms with Crippen LogP contribution < -0.4 is 0 Å². The van der Waals surface area contributed by atoms with E-state index in [0.717, 1.165) is 0 Å². The Morgan fingerprint density at radius 2 is 1.62 bits per heavy atom. The number of aliphatic hydroxyl groups excluding tert-OH is 2. The van der Waals surface area contributed by atoms with Crippen molar-refractivity contribution in [2.75, 3.05) is 0 Å². The first kappa shape index (κ1) is 15.2. The fourth-order valence-corrected chi connectivity index (χ4v) is 1.72. The minimum Gasteiger partial charge on any atom is -0.479 e. The predicted molar refractivity (Wildman–Crippen MR) is 47.3 cm³/mol. The first-order chi connectivity index (χ1) is 6.95. The van der Waals surface area contributed by atoms with Gasteiger partial charge >= 0.3 is 13.6 Å². The second kappa shape index (κ2) is 4.58. The highest BCUT2D eigenvalue weighted by Gasteiger charge is 2.57. The molecular formula is C6H11O9P. The van der Waals surface area contributed by atoms with E-state index in [1.807, 2.05) is 0 Å². The molecule has 0 saturated carbocycles. The van der Waals surface area contributed by atoms with Gasteiger partial charge in [-0.05, 0) is 6.92 Å². The number of aliphatic carboxylic acids is 1. The molecule has 0 spiro atoms. The molecule has 6 N–H and O–H groups in total. The summed E-state index contributed by atoms with van der Waals surface area (Å²) in [5, 5.41) is 35.7. The Balaban J connectivity index is 5.55. The molecule has 0 aliphatic heterocycles. The molecule has 0 rings (SSSR count). The monoisotopic (exact) mass is 258 g/mol. The molecule has 0 bridgehead atoms. The smallest absolute Gasteiger partial charge is 0.394 e. The summed E-state index contributed by atoms with van der Waals surface area (Å²) >= 11 is 0. The maximum absolute atomic E-state index is 11.1. The van der Waals surface area contributed by atoms with Crippen LogP contribution in [0.5, 0.6) is 0 Å². The van der Waals surface area contributed by atoms with E-state index < -0.39 is 36.9 Å². The summed E-state index contributed by atoms with van der Waals surface area (Å²) in [5.41, 5.74) is -5.73. The largest absolute Gasteiger partial charge is 0.479 e. The fraction of sp³-hybridized carbons (Fsp3) is 0.667. The van der Waals surface area contributed by atoms with Gasteiger partial charge in [0, 0.05) is 0 Å². The van der Waals surface area contributed by atoms with E-state index in [1.165, 1.54) is 0 Å². The molecule has 0 amide bonds. The van der Waals surface area contributed by atoms with Gasteiger partial charge in [-0.3, -0.25) is 9.36 Å². The highest BCUT2D eigenvalue weighted by atomic mass is 31.2. The van der Waals surface area contributed by atoms with Gasteiger partial charge in [0.1, 0.15) is 0 Å². The molecule has 0 fully saturated rings. The van der Waals surface area contributed by atoms with Crippen LogP contribution in [0.2, 0.25) is 0 Å². The Morgan fingerprint density at radius 3 is 1.81 bits per heavy atom. The molecule has 16 heavy (non-hydrogen) atoms. The number of rotatable bonds is 5. The van der Waals surface area contributed by atoms with Crippen molar-refractivity contribution in [3.05, 3.63) is 0 Å². The van der Waals surface area contributed by atoms with Crippen LogP contribution in [-0.4, -0.2) is 59.5 Å². The molecule has 0 aromatic rings. The Bertz CT molecular complexity index is 344. The standard InChI is InChI=1S/C6H11O9P/c1-2(7)6(12,3(8)4(9)10)5(11)16(13,14)15/h2-3,7-8,12H,1H3,(H,9,10)(H2,13,14,15). The third-order valence-electron chi connectivity index (χ3n) is 1.89. The highest BCUT2D eigenvalue weighted by molar-refractivity contribution is 7.70. The molecule has 0 saturated heterocycles. The van der Waals surface area contributed by atoms with Crippen molar-refractivity contribution in [2.24, 2.45) is 0 Å². The molecule has 9 nitrogen and oxygen atoms in total. The molecule has 0 aliphatic carbocycles. The average molecular weight is 258 g/mol. The van der Waals surface area contributed by atoms with E-state index in [9.17, 15) is 19.3 Å². The summed E-state index contributed by atoms with van der Waals surface area (Å²) in [4.78, 5) is 38.4. The van der Waals surface area contributed by atoms with Crippen LogP contribution >= 0.6 is 7.60 Å². The van der Waals surface area contributed by atoms with Gasteiger partial charge in [0.15, 0.2) is 11.7 Å². The maximum Gasteiger partial charge on any atom is 0.394 e. The van der Waals surface area contributed by atoms with Gasteiger partial charge in [0.2, 0.25) is 0 Å². The summed E-state index contributed by atoms with van der Waals surface area (Å²) in [6, 6.07) is 0. The number of hydrogen-bond acceptors (Lipinski definition) is 6. The summed E-state index contributed by atoms with van der Waals surface area (Å²) in [5.74, 6) is -2.11. The lowest BCUT2D eigenvalue weighted by molar-refractivity contribution is -0.181. The van der Waals surface area contributed by atoms with Crippen molar-refractivity contribution in [2.45, 2.75) is 24.7 Å². The number of carbonyl (C=O) groups is 2. The Kier molecular flexibility index (Phi) is 4.34. The van der Waals surface area contributed by atoms with E-state index in [-0.39, 0.29) is 0 Å². The van der Waals surface area contributed by atoms with E-state index >= 15 is 0 Å². The van der Waals surface area contributed by atoms with Crippen molar-refractivity contribution in [3.8, 4) is 0 Å². The van der Waals surface area contributed by atoms with Gasteiger partial charge in [-0.1, -0.05) is 0 Å². The van der Waals surface area contributed by atoms with Crippen molar-refractivity contribution in [1.29, 1.82) is 0 Å². The van der Waals surface area contributed by atoms with Gasteiger partial charge in [-0.25, -0.2) is 4.79 Å². The topological polar surface area (TPSA) is 173 Å². The van der Waals surface area contributed by atoms with E-state index in [2.05, 4.69) is 0 Å². The van der Waals surface area contributed by atoms with Crippen LogP contribution in [-0.2, 0) is 14.2 Å². The van der Waals surface area contributed by atoms with Crippen LogP contribution in [0.3, 0.4) is 0 Å². The lowest BCUT2D eigenvalue weighted by Crippen LogP contribution is -2.59. The van der Waals surface area contributed by atoms with Crippen LogP contribution in [0.25, 0.3) is 0 Å². The zero-order valence-electron chi connectivity index (χ0n) is 8.01. The average Bonchev–Trinajstić information content (AvgIpc) is 2.12. The molecular weight excluding hydrogens is 247 g/mol. The summed E-state index contributed by atoms with van der Waals surface area (Å²) in [6.45, 7) is 0.708. The van der Waals surface area contributed by atoms with Gasteiger partial charge in [0.05, 0.1) is 6.10 Å². The lowest BCUT2D eigenvalue weighted by atomic mass is 9.92. The van der Waals surface area contributed by atoms with E-state index in [0.29, 0.717) is 6.92 Å². The molecule has 3 atom stereocenters. The summed E-state index contributed by atoms with van der Waals surface area (Å²) < 4.78 is 10.6. The third-order valence-corrected chi connectivity index (χ3v) is 2.78. The first-order valence-electron chi connectivity index (χ1n) is 3.87. The van der Waals surface area contributed by atoms with E-state index in [1.54, 1.807) is 0 Å². The molecule has 0 heterocycles. The summed E-state index contributed by atoms with van der Waals surface area (Å²) in [7, 11) is -5.50. The first-order valence-corrected chi connectivity index (χ1v) is 5.48. The quantitative estimate of drug-likeness (QED) is 0.285. The van der Waals surface area contributed by atoms with Crippen molar-refractivity contribution >= 4 is 19.1 Å². The molecule has 94 valence electrons. The third kappa shape index (κ3) is 2.64. The summed E-state index contributed by atoms with van der Waals surface area (Å²) in [6.07, 6.45) is -5.04. The molecule has 3 unspecified atom stereocenters. The Labute approximate surface area is 89.1 Å².